The molecule has 1 saturated heterocycles. The Morgan fingerprint density at radius 2 is 1.96 bits per heavy atom. The number of nitrogen functional groups attached to an aromatic ring is 1. The van der Waals surface area contributed by atoms with Gasteiger partial charge in [0.25, 0.3) is 0 Å². The summed E-state index contributed by atoms with van der Waals surface area (Å²) in [5, 5.41) is 14.1. The molecular formula is C15H15ClF3N3O3S. The third kappa shape index (κ3) is 3.11. The quantitative estimate of drug-likeness (QED) is 0.751. The summed E-state index contributed by atoms with van der Waals surface area (Å²) in [5.74, 6) is -1.74. The van der Waals surface area contributed by atoms with Crippen molar-refractivity contribution in [2.24, 2.45) is 0 Å². The van der Waals surface area contributed by atoms with E-state index in [-0.39, 0.29) is 16.5 Å². The van der Waals surface area contributed by atoms with Gasteiger partial charge in [0, 0.05) is 0 Å². The van der Waals surface area contributed by atoms with Crippen molar-refractivity contribution in [1.82, 2.24) is 9.78 Å². The smallest absolute Gasteiger partial charge is 0.416 e. The second-order valence-corrected chi connectivity index (χ2v) is 6.87. The predicted octanol–water partition coefficient (Wildman–Crippen LogP) is 3.77. The van der Waals surface area contributed by atoms with E-state index in [1.165, 1.54) is 11.8 Å². The van der Waals surface area contributed by atoms with Crippen LogP contribution in [0.2, 0.25) is 5.02 Å². The lowest BCUT2D eigenvalue weighted by Gasteiger charge is -2.20. The number of hydrogen-bond acceptors (Lipinski definition) is 6. The number of phenolic OH excluding ortho intramolecular Hbond substituents is 1. The van der Waals surface area contributed by atoms with E-state index in [9.17, 15) is 18.3 Å². The number of thioether (sulfide) groups is 1. The molecule has 0 aliphatic carbocycles. The van der Waals surface area contributed by atoms with Crippen LogP contribution in [0.3, 0.4) is 0 Å². The average molecular weight is 410 g/mol. The molecule has 0 amide bonds. The second kappa shape index (κ2) is 6.52. The van der Waals surface area contributed by atoms with E-state index in [0.717, 1.165) is 4.68 Å². The topological polar surface area (TPSA) is 82.5 Å². The third-order valence-electron chi connectivity index (χ3n) is 3.93. The monoisotopic (exact) mass is 409 g/mol. The fraction of sp³-hybridized carbons (Fsp3) is 0.400. The fourth-order valence-electron chi connectivity index (χ4n) is 2.69. The number of benzene rings is 1. The van der Waals surface area contributed by atoms with Crippen LogP contribution in [0.1, 0.15) is 18.2 Å². The number of anilines is 1. The summed E-state index contributed by atoms with van der Waals surface area (Å²) in [7, 11) is 0. The lowest BCUT2D eigenvalue weighted by Crippen LogP contribution is -2.24. The zero-order chi connectivity index (χ0) is 19.3. The fourth-order valence-corrected chi connectivity index (χ4v) is 3.70. The predicted molar refractivity (Wildman–Crippen MR) is 90.7 cm³/mol. The SMILES string of the molecule is CSc1c(C2(C)OCCO2)nn(-c2c(O)cc(C(F)(F)F)cc2Cl)c1N. The van der Waals surface area contributed by atoms with Gasteiger partial charge in [0.15, 0.2) is 0 Å². The molecule has 1 aliphatic rings. The van der Waals surface area contributed by atoms with Crippen molar-refractivity contribution in [2.45, 2.75) is 23.8 Å². The van der Waals surface area contributed by atoms with Crippen LogP contribution in [0.4, 0.5) is 19.0 Å². The van der Waals surface area contributed by atoms with Crippen molar-refractivity contribution in [3.05, 3.63) is 28.4 Å². The number of aromatic hydroxyl groups is 1. The van der Waals surface area contributed by atoms with Gasteiger partial charge in [-0.15, -0.1) is 11.8 Å². The molecule has 1 aromatic heterocycles. The summed E-state index contributed by atoms with van der Waals surface area (Å²) >= 11 is 7.27. The highest BCUT2D eigenvalue weighted by Gasteiger charge is 2.40. The Bertz CT molecular complexity index is 828. The molecule has 142 valence electrons. The van der Waals surface area contributed by atoms with Gasteiger partial charge in [-0.1, -0.05) is 11.6 Å². The Hall–Kier alpha value is -1.62. The summed E-state index contributed by atoms with van der Waals surface area (Å²) < 4.78 is 50.9. The first-order chi connectivity index (χ1) is 12.1. The Kier molecular flexibility index (Phi) is 4.80. The van der Waals surface area contributed by atoms with Crippen LogP contribution in [-0.4, -0.2) is 34.4 Å². The van der Waals surface area contributed by atoms with Gasteiger partial charge in [-0.25, -0.2) is 4.68 Å². The Morgan fingerprint density at radius 3 is 2.46 bits per heavy atom. The van der Waals surface area contributed by atoms with Crippen LogP contribution in [-0.2, 0) is 21.4 Å². The van der Waals surface area contributed by atoms with Crippen molar-refractivity contribution in [3.63, 3.8) is 0 Å². The number of nitrogens with two attached hydrogens (primary N) is 1. The molecule has 11 heteroatoms. The number of aromatic nitrogens is 2. The van der Waals surface area contributed by atoms with E-state index in [0.29, 0.717) is 35.9 Å². The van der Waals surface area contributed by atoms with Crippen LogP contribution in [0.25, 0.3) is 5.69 Å². The zero-order valence-electron chi connectivity index (χ0n) is 13.7. The van der Waals surface area contributed by atoms with E-state index in [2.05, 4.69) is 5.10 Å². The molecule has 1 fully saturated rings. The zero-order valence-corrected chi connectivity index (χ0v) is 15.3. The maximum Gasteiger partial charge on any atom is 0.416 e. The van der Waals surface area contributed by atoms with Crippen LogP contribution < -0.4 is 5.73 Å². The van der Waals surface area contributed by atoms with Crippen LogP contribution >= 0.6 is 23.4 Å². The molecule has 1 aliphatic heterocycles. The van der Waals surface area contributed by atoms with Gasteiger partial charge in [-0.05, 0) is 25.3 Å². The van der Waals surface area contributed by atoms with Crippen molar-refractivity contribution < 1.29 is 27.8 Å². The minimum atomic E-state index is -4.65. The molecule has 6 nitrogen and oxygen atoms in total. The minimum absolute atomic E-state index is 0.102. The number of phenols is 1. The molecule has 0 bridgehead atoms. The van der Waals surface area contributed by atoms with E-state index < -0.39 is 23.3 Å². The van der Waals surface area contributed by atoms with Crippen molar-refractivity contribution >= 4 is 29.2 Å². The Labute approximate surface area is 156 Å². The Morgan fingerprint density at radius 1 is 1.35 bits per heavy atom. The molecule has 3 rings (SSSR count). The highest BCUT2D eigenvalue weighted by atomic mass is 35.5. The van der Waals surface area contributed by atoms with Gasteiger partial charge in [-0.3, -0.25) is 0 Å². The highest BCUT2D eigenvalue weighted by molar-refractivity contribution is 7.98. The normalized spacial score (nSPS) is 17.0. The average Bonchev–Trinajstić information content (AvgIpc) is 3.11. The highest BCUT2D eigenvalue weighted by Crippen LogP contribution is 2.43. The van der Waals surface area contributed by atoms with E-state index in [4.69, 9.17) is 26.8 Å². The molecule has 0 saturated carbocycles. The molecule has 3 N–H and O–H groups in total. The van der Waals surface area contributed by atoms with E-state index in [1.807, 2.05) is 0 Å². The van der Waals surface area contributed by atoms with Gasteiger partial charge in [0.1, 0.15) is 22.9 Å². The summed E-state index contributed by atoms with van der Waals surface area (Å²) in [4.78, 5) is 0.518. The molecule has 1 aromatic carbocycles. The number of ether oxygens (including phenoxy) is 2. The van der Waals surface area contributed by atoms with Crippen LogP contribution in [0, 0.1) is 0 Å². The van der Waals surface area contributed by atoms with Gasteiger partial charge < -0.3 is 20.3 Å². The van der Waals surface area contributed by atoms with Gasteiger partial charge in [-0.2, -0.15) is 18.3 Å². The molecule has 0 atom stereocenters. The second-order valence-electron chi connectivity index (χ2n) is 5.65. The summed E-state index contributed by atoms with van der Waals surface area (Å²) in [6, 6.07) is 1.28. The largest absolute Gasteiger partial charge is 0.506 e. The first-order valence-electron chi connectivity index (χ1n) is 7.39. The molecule has 0 unspecified atom stereocenters. The standard InChI is InChI=1S/C15H15ClF3N3O3S/c1-14(24-3-4-25-14)12-11(26-2)13(20)22(21-12)10-8(16)5-7(6-9(10)23)15(17,18)19/h5-6,23H,3-4,20H2,1-2H3. The first kappa shape index (κ1) is 19.2. The molecular weight excluding hydrogens is 395 g/mol. The van der Waals surface area contributed by atoms with Gasteiger partial charge in [0.2, 0.25) is 5.79 Å². The number of halogens is 4. The minimum Gasteiger partial charge on any atom is -0.506 e. The number of nitrogens with zero attached hydrogens (tertiary/aromatic N) is 2. The first-order valence-corrected chi connectivity index (χ1v) is 8.99. The van der Waals surface area contributed by atoms with E-state index >= 15 is 0 Å². The van der Waals surface area contributed by atoms with Crippen molar-refractivity contribution in [3.8, 4) is 11.4 Å². The maximum atomic E-state index is 12.9. The van der Waals surface area contributed by atoms with Gasteiger partial charge >= 0.3 is 6.18 Å². The molecule has 2 heterocycles. The Balaban J connectivity index is 2.18. The van der Waals surface area contributed by atoms with Crippen molar-refractivity contribution in [1.29, 1.82) is 0 Å². The molecule has 0 spiro atoms. The van der Waals surface area contributed by atoms with Gasteiger partial charge in [0.05, 0.1) is 28.7 Å². The van der Waals surface area contributed by atoms with Crippen molar-refractivity contribution in [2.75, 3.05) is 25.2 Å². The summed E-state index contributed by atoms with van der Waals surface area (Å²) in [6.07, 6.45) is -2.89. The lowest BCUT2D eigenvalue weighted by molar-refractivity contribution is -0.154. The number of hydrogen-bond donors (Lipinski definition) is 2. The van der Waals surface area contributed by atoms with Crippen LogP contribution in [0.5, 0.6) is 5.75 Å². The maximum absolute atomic E-state index is 12.9. The lowest BCUT2D eigenvalue weighted by atomic mass is 10.2. The summed E-state index contributed by atoms with van der Waals surface area (Å²) in [5.41, 5.74) is 5.24. The molecule has 0 radical (unpaired) electrons. The van der Waals surface area contributed by atoms with E-state index in [1.54, 1.807) is 13.2 Å². The molecule has 2 aromatic rings. The third-order valence-corrected chi connectivity index (χ3v) is 5.03. The van der Waals surface area contributed by atoms with Crippen LogP contribution in [0.15, 0.2) is 17.0 Å². The number of alkyl halides is 3. The molecule has 26 heavy (non-hydrogen) atoms. The number of rotatable bonds is 3. The summed E-state index contributed by atoms with van der Waals surface area (Å²) in [6.45, 7) is 2.40.